The van der Waals surface area contributed by atoms with Crippen molar-refractivity contribution >= 4 is 26.8 Å². The molecule has 90 valence electrons. The van der Waals surface area contributed by atoms with Crippen molar-refractivity contribution < 1.29 is 0 Å². The second-order valence-electron chi connectivity index (χ2n) is 4.31. The summed E-state index contributed by atoms with van der Waals surface area (Å²) >= 11 is 3.52. The molecule has 0 aliphatic rings. The summed E-state index contributed by atoms with van der Waals surface area (Å²) in [5.41, 5.74) is 3.89. The molecule has 1 nitrogen and oxygen atoms in total. The standard InChI is InChI=1S/C16H14BrN/c17-11-9-13-5-4-8-16-15(13)10-12-18(16)14-6-2-1-3-7-14/h1-8,10,12H,9,11H2. The van der Waals surface area contributed by atoms with Gasteiger partial charge in [0.15, 0.2) is 0 Å². The first-order chi connectivity index (χ1) is 8.90. The third kappa shape index (κ3) is 1.97. The Morgan fingerprint density at radius 2 is 1.72 bits per heavy atom. The Kier molecular flexibility index (Phi) is 3.20. The van der Waals surface area contributed by atoms with Gasteiger partial charge < -0.3 is 4.57 Å². The van der Waals surface area contributed by atoms with E-state index in [-0.39, 0.29) is 0 Å². The fourth-order valence-corrected chi connectivity index (χ4v) is 2.79. The molecular formula is C16H14BrN. The van der Waals surface area contributed by atoms with Crippen molar-refractivity contribution in [2.75, 3.05) is 5.33 Å². The fourth-order valence-electron chi connectivity index (χ4n) is 2.36. The maximum Gasteiger partial charge on any atom is 0.0531 e. The van der Waals surface area contributed by atoms with Crippen LogP contribution >= 0.6 is 15.9 Å². The van der Waals surface area contributed by atoms with Crippen molar-refractivity contribution in [3.05, 3.63) is 66.4 Å². The lowest BCUT2D eigenvalue weighted by molar-refractivity contribution is 1.12. The first kappa shape index (κ1) is 11.5. The number of alkyl halides is 1. The Morgan fingerprint density at radius 1 is 0.889 bits per heavy atom. The molecule has 0 saturated carbocycles. The largest absolute Gasteiger partial charge is 0.317 e. The van der Waals surface area contributed by atoms with Crippen LogP contribution in [0.1, 0.15) is 5.56 Å². The number of aromatic nitrogens is 1. The van der Waals surface area contributed by atoms with Gasteiger partial charge in [-0.1, -0.05) is 46.3 Å². The number of nitrogens with zero attached hydrogens (tertiary/aromatic N) is 1. The molecule has 0 aliphatic heterocycles. The van der Waals surface area contributed by atoms with E-state index >= 15 is 0 Å². The normalized spacial score (nSPS) is 10.9. The number of benzene rings is 2. The van der Waals surface area contributed by atoms with Crippen LogP contribution < -0.4 is 0 Å². The number of hydrogen-bond donors (Lipinski definition) is 0. The fraction of sp³-hybridized carbons (Fsp3) is 0.125. The van der Waals surface area contributed by atoms with Gasteiger partial charge in [-0.15, -0.1) is 0 Å². The Labute approximate surface area is 115 Å². The SMILES string of the molecule is BrCCc1cccc2c1ccn2-c1ccccc1. The number of aryl methyl sites for hydroxylation is 1. The first-order valence-corrected chi connectivity index (χ1v) is 7.22. The second-order valence-corrected chi connectivity index (χ2v) is 5.10. The molecule has 0 amide bonds. The van der Waals surface area contributed by atoms with Crippen LogP contribution in [0.2, 0.25) is 0 Å². The molecule has 1 aromatic heterocycles. The molecule has 3 aromatic rings. The van der Waals surface area contributed by atoms with Gasteiger partial charge in [0.1, 0.15) is 0 Å². The Hall–Kier alpha value is -1.54. The number of para-hydroxylation sites is 1. The molecule has 0 saturated heterocycles. The van der Waals surface area contributed by atoms with Crippen molar-refractivity contribution in [2.45, 2.75) is 6.42 Å². The van der Waals surface area contributed by atoms with Gasteiger partial charge in [-0.3, -0.25) is 0 Å². The predicted octanol–water partition coefficient (Wildman–Crippen LogP) is 4.57. The van der Waals surface area contributed by atoms with E-state index in [1.807, 2.05) is 6.07 Å². The number of hydrogen-bond acceptors (Lipinski definition) is 0. The van der Waals surface area contributed by atoms with Crippen molar-refractivity contribution in [1.82, 2.24) is 4.57 Å². The molecule has 0 aliphatic carbocycles. The minimum atomic E-state index is 1.00. The van der Waals surface area contributed by atoms with E-state index in [9.17, 15) is 0 Å². The van der Waals surface area contributed by atoms with E-state index in [1.165, 1.54) is 22.2 Å². The van der Waals surface area contributed by atoms with Crippen LogP contribution in [0.15, 0.2) is 60.8 Å². The third-order valence-corrected chi connectivity index (χ3v) is 3.62. The Bertz CT molecular complexity index is 655. The maximum absolute atomic E-state index is 3.52. The summed E-state index contributed by atoms with van der Waals surface area (Å²) in [7, 11) is 0. The van der Waals surface area contributed by atoms with Gasteiger partial charge in [0.25, 0.3) is 0 Å². The van der Waals surface area contributed by atoms with E-state index in [4.69, 9.17) is 0 Å². The molecule has 18 heavy (non-hydrogen) atoms. The maximum atomic E-state index is 3.52. The highest BCUT2D eigenvalue weighted by Gasteiger charge is 2.05. The number of halogens is 1. The summed E-state index contributed by atoms with van der Waals surface area (Å²) in [6.07, 6.45) is 3.22. The molecule has 0 unspecified atom stereocenters. The minimum Gasteiger partial charge on any atom is -0.317 e. The van der Waals surface area contributed by atoms with Crippen molar-refractivity contribution in [1.29, 1.82) is 0 Å². The molecule has 0 radical (unpaired) electrons. The van der Waals surface area contributed by atoms with Crippen LogP contribution in [0.25, 0.3) is 16.6 Å². The highest BCUT2D eigenvalue weighted by atomic mass is 79.9. The predicted molar refractivity (Wildman–Crippen MR) is 80.8 cm³/mol. The average molecular weight is 300 g/mol. The van der Waals surface area contributed by atoms with E-state index in [2.05, 4.69) is 75.2 Å². The van der Waals surface area contributed by atoms with Crippen LogP contribution in [0.5, 0.6) is 0 Å². The topological polar surface area (TPSA) is 4.93 Å². The first-order valence-electron chi connectivity index (χ1n) is 6.10. The Balaban J connectivity index is 2.18. The summed E-state index contributed by atoms with van der Waals surface area (Å²) in [5.74, 6) is 0. The molecule has 0 spiro atoms. The van der Waals surface area contributed by atoms with Gasteiger partial charge >= 0.3 is 0 Å². The van der Waals surface area contributed by atoms with E-state index < -0.39 is 0 Å². The summed E-state index contributed by atoms with van der Waals surface area (Å²) in [6.45, 7) is 0. The molecule has 2 heteroatoms. The molecule has 1 heterocycles. The van der Waals surface area contributed by atoms with Crippen LogP contribution in [0.4, 0.5) is 0 Å². The lowest BCUT2D eigenvalue weighted by Gasteiger charge is -2.06. The minimum absolute atomic E-state index is 1.00. The smallest absolute Gasteiger partial charge is 0.0531 e. The quantitative estimate of drug-likeness (QED) is 0.625. The average Bonchev–Trinajstić information content (AvgIpc) is 2.85. The summed E-state index contributed by atoms with van der Waals surface area (Å²) in [4.78, 5) is 0. The van der Waals surface area contributed by atoms with Crippen molar-refractivity contribution in [3.8, 4) is 5.69 Å². The monoisotopic (exact) mass is 299 g/mol. The van der Waals surface area contributed by atoms with Crippen LogP contribution in [0, 0.1) is 0 Å². The molecule has 0 atom stereocenters. The zero-order valence-corrected chi connectivity index (χ0v) is 11.6. The zero-order valence-electron chi connectivity index (χ0n) is 10.0. The van der Waals surface area contributed by atoms with E-state index in [1.54, 1.807) is 0 Å². The highest BCUT2D eigenvalue weighted by molar-refractivity contribution is 9.09. The van der Waals surface area contributed by atoms with Gasteiger partial charge in [-0.25, -0.2) is 0 Å². The van der Waals surface area contributed by atoms with Crippen LogP contribution in [-0.2, 0) is 6.42 Å². The molecule has 2 aromatic carbocycles. The molecule has 3 rings (SSSR count). The third-order valence-electron chi connectivity index (χ3n) is 3.22. The second kappa shape index (κ2) is 4.99. The highest BCUT2D eigenvalue weighted by Crippen LogP contribution is 2.24. The number of fused-ring (bicyclic) bond motifs is 1. The van der Waals surface area contributed by atoms with Crippen LogP contribution in [-0.4, -0.2) is 9.90 Å². The zero-order chi connectivity index (χ0) is 12.4. The van der Waals surface area contributed by atoms with E-state index in [0.29, 0.717) is 0 Å². The van der Waals surface area contributed by atoms with Crippen molar-refractivity contribution in [2.24, 2.45) is 0 Å². The number of rotatable bonds is 3. The Morgan fingerprint density at radius 3 is 2.50 bits per heavy atom. The van der Waals surface area contributed by atoms with Crippen molar-refractivity contribution in [3.63, 3.8) is 0 Å². The van der Waals surface area contributed by atoms with Gasteiger partial charge in [-0.05, 0) is 36.2 Å². The molecule has 0 fully saturated rings. The molecular weight excluding hydrogens is 286 g/mol. The summed E-state index contributed by atoms with van der Waals surface area (Å²) < 4.78 is 2.24. The van der Waals surface area contributed by atoms with Gasteiger partial charge in [0.05, 0.1) is 5.52 Å². The van der Waals surface area contributed by atoms with Crippen LogP contribution in [0.3, 0.4) is 0 Å². The van der Waals surface area contributed by atoms with E-state index in [0.717, 1.165) is 11.8 Å². The molecule has 0 bridgehead atoms. The van der Waals surface area contributed by atoms with Gasteiger partial charge in [0, 0.05) is 22.6 Å². The summed E-state index contributed by atoms with van der Waals surface area (Å²) in [5, 5.41) is 2.35. The summed E-state index contributed by atoms with van der Waals surface area (Å²) in [6, 6.07) is 19.2. The molecule has 0 N–H and O–H groups in total. The van der Waals surface area contributed by atoms with Gasteiger partial charge in [0.2, 0.25) is 0 Å². The lowest BCUT2D eigenvalue weighted by Crippen LogP contribution is -1.92. The lowest BCUT2D eigenvalue weighted by atomic mass is 10.1. The van der Waals surface area contributed by atoms with Gasteiger partial charge in [-0.2, -0.15) is 0 Å².